The highest BCUT2D eigenvalue weighted by atomic mass is 31.2. The van der Waals surface area contributed by atoms with Crippen LogP contribution in [0.1, 0.15) is 32.3 Å². The van der Waals surface area contributed by atoms with Crippen molar-refractivity contribution in [2.45, 2.75) is 38.8 Å². The lowest BCUT2D eigenvalue weighted by atomic mass is 10.1. The fraction of sp³-hybridized carbons (Fsp3) is 0.611. The highest BCUT2D eigenvalue weighted by Gasteiger charge is 2.31. The minimum absolute atomic E-state index is 0.253. The Morgan fingerprint density at radius 1 is 1.08 bits per heavy atom. The molecule has 0 amide bonds. The number of esters is 1. The first kappa shape index (κ1) is 21.7. The molecule has 0 bridgehead atoms. The number of carbonyl (C=O) groups is 1. The summed E-state index contributed by atoms with van der Waals surface area (Å²) in [5.74, 6) is 1.15. The van der Waals surface area contributed by atoms with Gasteiger partial charge in [0.25, 0.3) is 0 Å². The van der Waals surface area contributed by atoms with Crippen molar-refractivity contribution in [3.63, 3.8) is 0 Å². The van der Waals surface area contributed by atoms with Crippen LogP contribution < -0.4 is 9.47 Å². The van der Waals surface area contributed by atoms with Crippen LogP contribution in [-0.2, 0) is 25.0 Å². The maximum absolute atomic E-state index is 12.2. The van der Waals surface area contributed by atoms with E-state index in [0.717, 1.165) is 18.4 Å². The molecule has 1 aromatic rings. The van der Waals surface area contributed by atoms with Crippen molar-refractivity contribution in [3.05, 3.63) is 23.8 Å². The van der Waals surface area contributed by atoms with Gasteiger partial charge in [0, 0.05) is 7.11 Å². The summed E-state index contributed by atoms with van der Waals surface area (Å²) in [6, 6.07) is 5.85. The Hall–Kier alpha value is -1.36. The minimum Gasteiger partial charge on any atom is -0.493 e. The van der Waals surface area contributed by atoms with Gasteiger partial charge in [0.2, 0.25) is 0 Å². The van der Waals surface area contributed by atoms with E-state index >= 15 is 0 Å². The van der Waals surface area contributed by atoms with E-state index in [9.17, 15) is 4.79 Å². The second kappa shape index (κ2) is 12.1. The third-order valence-corrected chi connectivity index (χ3v) is 5.49. The van der Waals surface area contributed by atoms with Crippen molar-refractivity contribution < 1.29 is 28.1 Å². The van der Waals surface area contributed by atoms with Crippen molar-refractivity contribution >= 4 is 14.3 Å². The van der Waals surface area contributed by atoms with Gasteiger partial charge in [0.05, 0.1) is 27.4 Å². The number of ether oxygens (including phenoxy) is 3. The van der Waals surface area contributed by atoms with Crippen LogP contribution in [0.3, 0.4) is 0 Å². The molecule has 1 rings (SSSR count). The molecule has 0 aliphatic heterocycles. The highest BCUT2D eigenvalue weighted by Crippen LogP contribution is 2.45. The van der Waals surface area contributed by atoms with E-state index in [-0.39, 0.29) is 11.6 Å². The Kier molecular flexibility index (Phi) is 10.5. The summed E-state index contributed by atoms with van der Waals surface area (Å²) in [6.07, 6.45) is 2.27. The monoisotopic (exact) mass is 372 g/mol. The normalized spacial score (nSPS) is 13.2. The van der Waals surface area contributed by atoms with Crippen LogP contribution in [0.4, 0.5) is 0 Å². The second-order valence-corrected chi connectivity index (χ2v) is 7.05. The summed E-state index contributed by atoms with van der Waals surface area (Å²) >= 11 is 0. The largest absolute Gasteiger partial charge is 0.493 e. The molecule has 0 radical (unpaired) electrons. The van der Waals surface area contributed by atoms with Crippen LogP contribution in [-0.4, -0.2) is 46.2 Å². The molecule has 0 fully saturated rings. The van der Waals surface area contributed by atoms with Crippen LogP contribution >= 0.6 is 8.38 Å². The third-order valence-electron chi connectivity index (χ3n) is 3.64. The molecule has 0 saturated heterocycles. The van der Waals surface area contributed by atoms with E-state index in [0.29, 0.717) is 31.1 Å². The van der Waals surface area contributed by atoms with Gasteiger partial charge < -0.3 is 23.3 Å². The number of hydrogen-bond acceptors (Lipinski definition) is 6. The van der Waals surface area contributed by atoms with Gasteiger partial charge in [-0.05, 0) is 50.8 Å². The lowest BCUT2D eigenvalue weighted by Crippen LogP contribution is -2.23. The fourth-order valence-corrected chi connectivity index (χ4v) is 3.91. The van der Waals surface area contributed by atoms with Crippen molar-refractivity contribution in [3.8, 4) is 11.5 Å². The number of carbonyl (C=O) groups excluding carboxylic acids is 1. The van der Waals surface area contributed by atoms with E-state index in [1.165, 1.54) is 0 Å². The van der Waals surface area contributed by atoms with Crippen molar-refractivity contribution in [1.82, 2.24) is 0 Å². The molecular formula is C18H29O6P. The number of methoxy groups -OCH3 is 2. The van der Waals surface area contributed by atoms with Crippen molar-refractivity contribution in [2.24, 2.45) is 0 Å². The van der Waals surface area contributed by atoms with E-state index in [1.807, 2.05) is 25.1 Å². The number of rotatable bonds is 12. The van der Waals surface area contributed by atoms with Gasteiger partial charge in [-0.2, -0.15) is 0 Å². The molecule has 0 spiro atoms. The Morgan fingerprint density at radius 3 is 2.36 bits per heavy atom. The SMILES string of the molecule is CCOC(=O)C(CCCc1ccc(OC)c(OC)c1)P(OC)OCC. The van der Waals surface area contributed by atoms with Crippen LogP contribution in [0.5, 0.6) is 11.5 Å². The summed E-state index contributed by atoms with van der Waals surface area (Å²) in [5, 5.41) is 0. The molecule has 2 unspecified atom stereocenters. The molecule has 0 N–H and O–H groups in total. The third kappa shape index (κ3) is 6.81. The van der Waals surface area contributed by atoms with Gasteiger partial charge in [0.1, 0.15) is 5.66 Å². The summed E-state index contributed by atoms with van der Waals surface area (Å²) in [4.78, 5) is 12.2. The summed E-state index contributed by atoms with van der Waals surface area (Å²) < 4.78 is 26.7. The Bertz CT molecular complexity index is 522. The van der Waals surface area contributed by atoms with E-state index in [2.05, 4.69) is 0 Å². The quantitative estimate of drug-likeness (QED) is 0.409. The molecule has 0 heterocycles. The first-order valence-electron chi connectivity index (χ1n) is 8.44. The topological polar surface area (TPSA) is 63.2 Å². The first-order valence-corrected chi connectivity index (χ1v) is 9.69. The average molecular weight is 372 g/mol. The van der Waals surface area contributed by atoms with Crippen molar-refractivity contribution in [2.75, 3.05) is 34.5 Å². The molecule has 142 valence electrons. The lowest BCUT2D eigenvalue weighted by molar-refractivity contribution is -0.143. The molecule has 0 saturated carbocycles. The van der Waals surface area contributed by atoms with Gasteiger partial charge in [-0.15, -0.1) is 0 Å². The Morgan fingerprint density at radius 2 is 1.80 bits per heavy atom. The van der Waals surface area contributed by atoms with Crippen molar-refractivity contribution in [1.29, 1.82) is 0 Å². The van der Waals surface area contributed by atoms with Crippen LogP contribution in [0, 0.1) is 0 Å². The number of hydrogen-bond donors (Lipinski definition) is 0. The summed E-state index contributed by atoms with van der Waals surface area (Å²) in [7, 11) is 3.51. The molecule has 1 aromatic carbocycles. The Labute approximate surface area is 151 Å². The molecule has 0 aliphatic rings. The van der Waals surface area contributed by atoms with Crippen LogP contribution in [0.15, 0.2) is 18.2 Å². The van der Waals surface area contributed by atoms with E-state index < -0.39 is 8.38 Å². The molecule has 2 atom stereocenters. The van der Waals surface area contributed by atoms with Crippen LogP contribution in [0.25, 0.3) is 0 Å². The second-order valence-electron chi connectivity index (χ2n) is 5.24. The van der Waals surface area contributed by atoms with E-state index in [1.54, 1.807) is 28.3 Å². The minimum atomic E-state index is -1.29. The maximum Gasteiger partial charge on any atom is 0.318 e. The standard InChI is InChI=1S/C18H29O6P/c1-6-23-18(19)17(25(22-5)24-7-2)10-8-9-14-11-12-15(20-3)16(13-14)21-4/h11-13,17H,6-10H2,1-5H3. The molecular weight excluding hydrogens is 343 g/mol. The average Bonchev–Trinajstić information content (AvgIpc) is 2.63. The van der Waals surface area contributed by atoms with Gasteiger partial charge in [0.15, 0.2) is 19.9 Å². The van der Waals surface area contributed by atoms with Gasteiger partial charge in [-0.1, -0.05) is 6.07 Å². The predicted octanol–water partition coefficient (Wildman–Crippen LogP) is 3.95. The van der Waals surface area contributed by atoms with Gasteiger partial charge in [-0.25, -0.2) is 0 Å². The molecule has 7 heteroatoms. The molecule has 0 aliphatic carbocycles. The molecule has 6 nitrogen and oxygen atoms in total. The lowest BCUT2D eigenvalue weighted by Gasteiger charge is -2.23. The zero-order valence-electron chi connectivity index (χ0n) is 15.7. The predicted molar refractivity (Wildman–Crippen MR) is 98.5 cm³/mol. The summed E-state index contributed by atoms with van der Waals surface area (Å²) in [6.45, 7) is 4.55. The smallest absolute Gasteiger partial charge is 0.318 e. The van der Waals surface area contributed by atoms with Gasteiger partial charge >= 0.3 is 5.97 Å². The molecule has 0 aromatic heterocycles. The number of aryl methyl sites for hydroxylation is 1. The Balaban J connectivity index is 2.71. The maximum atomic E-state index is 12.2. The number of benzene rings is 1. The zero-order valence-corrected chi connectivity index (χ0v) is 16.6. The first-order chi connectivity index (χ1) is 12.1. The van der Waals surface area contributed by atoms with E-state index in [4.69, 9.17) is 23.3 Å². The van der Waals surface area contributed by atoms with Crippen LogP contribution in [0.2, 0.25) is 0 Å². The fourth-order valence-electron chi connectivity index (χ4n) is 2.48. The zero-order chi connectivity index (χ0) is 18.7. The highest BCUT2D eigenvalue weighted by molar-refractivity contribution is 7.49. The van der Waals surface area contributed by atoms with Gasteiger partial charge in [-0.3, -0.25) is 4.79 Å². The molecule has 25 heavy (non-hydrogen) atoms. The summed E-state index contributed by atoms with van der Waals surface area (Å²) in [5.41, 5.74) is 0.749.